The van der Waals surface area contributed by atoms with E-state index in [9.17, 15) is 14.4 Å². The van der Waals surface area contributed by atoms with Crippen molar-refractivity contribution in [3.8, 4) is 0 Å². The molecule has 1 aliphatic heterocycles. The maximum absolute atomic E-state index is 13.8. The minimum Gasteiger partial charge on any atom is -0.461 e. The summed E-state index contributed by atoms with van der Waals surface area (Å²) in [5.74, 6) is -0.628. The predicted octanol–water partition coefficient (Wildman–Crippen LogP) is 4.14. The van der Waals surface area contributed by atoms with Gasteiger partial charge in [-0.3, -0.25) is 19.2 Å². The van der Waals surface area contributed by atoms with Crippen LogP contribution in [0.3, 0.4) is 0 Å². The van der Waals surface area contributed by atoms with Gasteiger partial charge in [-0.2, -0.15) is 5.10 Å². The van der Waals surface area contributed by atoms with Crippen LogP contribution in [0.4, 0.5) is 5.69 Å². The second-order valence-corrected chi connectivity index (χ2v) is 9.93. The van der Waals surface area contributed by atoms with Crippen molar-refractivity contribution in [3.05, 3.63) is 46.2 Å². The molecule has 4 rings (SSSR count). The SMILES string of the molecule is CCOC(=O)c1cc2n(n1)CC(C)(C(=O)NC1CCC(C)CC1)N(c1cccc(Cl)c1C)C2=O. The van der Waals surface area contributed by atoms with Gasteiger partial charge in [-0.25, -0.2) is 4.79 Å². The number of halogens is 1. The third-order valence-electron chi connectivity index (χ3n) is 6.96. The van der Waals surface area contributed by atoms with Crippen molar-refractivity contribution in [3.63, 3.8) is 0 Å². The second-order valence-electron chi connectivity index (χ2n) is 9.52. The normalized spacial score (nSPS) is 24.5. The summed E-state index contributed by atoms with van der Waals surface area (Å²) in [6, 6.07) is 6.78. The molecule has 1 aromatic heterocycles. The summed E-state index contributed by atoms with van der Waals surface area (Å²) < 4.78 is 6.50. The largest absolute Gasteiger partial charge is 0.461 e. The van der Waals surface area contributed by atoms with E-state index in [1.807, 2.05) is 6.92 Å². The zero-order chi connectivity index (χ0) is 24.6. The van der Waals surface area contributed by atoms with Crippen LogP contribution in [-0.4, -0.2) is 45.8 Å². The topological polar surface area (TPSA) is 93.5 Å². The van der Waals surface area contributed by atoms with Crippen molar-refractivity contribution in [2.45, 2.75) is 71.5 Å². The van der Waals surface area contributed by atoms with E-state index in [4.69, 9.17) is 16.3 Å². The number of anilines is 1. The Morgan fingerprint density at radius 3 is 2.65 bits per heavy atom. The molecule has 1 aromatic carbocycles. The fourth-order valence-electron chi connectivity index (χ4n) is 4.85. The van der Waals surface area contributed by atoms with Gasteiger partial charge in [-0.05, 0) is 70.1 Å². The Bertz CT molecular complexity index is 1120. The first kappa shape index (κ1) is 24.3. The van der Waals surface area contributed by atoms with Crippen molar-refractivity contribution < 1.29 is 19.1 Å². The van der Waals surface area contributed by atoms with Crippen molar-refractivity contribution in [1.29, 1.82) is 0 Å². The van der Waals surface area contributed by atoms with Crippen LogP contribution in [0.25, 0.3) is 0 Å². The number of ether oxygens (including phenoxy) is 1. The van der Waals surface area contributed by atoms with E-state index < -0.39 is 17.4 Å². The third-order valence-corrected chi connectivity index (χ3v) is 7.37. The first-order chi connectivity index (χ1) is 16.2. The summed E-state index contributed by atoms with van der Waals surface area (Å²) in [4.78, 5) is 41.4. The van der Waals surface area contributed by atoms with E-state index >= 15 is 0 Å². The molecule has 2 aliphatic rings. The summed E-state index contributed by atoms with van der Waals surface area (Å²) >= 11 is 6.39. The van der Waals surface area contributed by atoms with Gasteiger partial charge in [-0.15, -0.1) is 0 Å². The number of carbonyl (C=O) groups is 3. The third kappa shape index (κ3) is 4.31. The van der Waals surface area contributed by atoms with Gasteiger partial charge in [0.15, 0.2) is 5.69 Å². The molecule has 1 atom stereocenters. The minimum absolute atomic E-state index is 0.0406. The first-order valence-electron chi connectivity index (χ1n) is 11.8. The number of amides is 2. The molecule has 0 saturated heterocycles. The van der Waals surface area contributed by atoms with E-state index in [2.05, 4.69) is 17.3 Å². The second kappa shape index (κ2) is 9.41. The minimum atomic E-state index is -1.28. The smallest absolute Gasteiger partial charge is 0.358 e. The molecule has 9 heteroatoms. The monoisotopic (exact) mass is 486 g/mol. The number of aromatic nitrogens is 2. The van der Waals surface area contributed by atoms with E-state index in [0.29, 0.717) is 22.2 Å². The Balaban J connectivity index is 1.75. The van der Waals surface area contributed by atoms with Gasteiger partial charge in [0.05, 0.1) is 13.2 Å². The summed E-state index contributed by atoms with van der Waals surface area (Å²) in [7, 11) is 0. The van der Waals surface area contributed by atoms with Crippen LogP contribution < -0.4 is 10.2 Å². The van der Waals surface area contributed by atoms with Crippen molar-refractivity contribution in [2.24, 2.45) is 5.92 Å². The number of fused-ring (bicyclic) bond motifs is 1. The van der Waals surface area contributed by atoms with Crippen LogP contribution in [0, 0.1) is 12.8 Å². The zero-order valence-corrected chi connectivity index (χ0v) is 20.8. The van der Waals surface area contributed by atoms with Crippen molar-refractivity contribution in [1.82, 2.24) is 15.1 Å². The number of rotatable bonds is 5. The van der Waals surface area contributed by atoms with E-state index in [0.717, 1.165) is 25.7 Å². The summed E-state index contributed by atoms with van der Waals surface area (Å²) in [6.07, 6.45) is 3.94. The highest BCUT2D eigenvalue weighted by Gasteiger charge is 2.50. The lowest BCUT2D eigenvalue weighted by Gasteiger charge is -2.44. The molecule has 2 heterocycles. The highest BCUT2D eigenvalue weighted by Crippen LogP contribution is 2.37. The van der Waals surface area contributed by atoms with E-state index in [1.165, 1.54) is 15.6 Å². The van der Waals surface area contributed by atoms with Crippen molar-refractivity contribution in [2.75, 3.05) is 11.5 Å². The van der Waals surface area contributed by atoms with E-state index in [-0.39, 0.29) is 36.5 Å². The maximum atomic E-state index is 13.8. The molecule has 1 aliphatic carbocycles. The van der Waals surface area contributed by atoms with Gasteiger partial charge in [-0.1, -0.05) is 24.6 Å². The Kier molecular flexibility index (Phi) is 6.71. The highest BCUT2D eigenvalue weighted by molar-refractivity contribution is 6.32. The van der Waals surface area contributed by atoms with Gasteiger partial charge in [0.25, 0.3) is 5.91 Å². The molecule has 1 saturated carbocycles. The van der Waals surface area contributed by atoms with Crippen LogP contribution in [0.5, 0.6) is 0 Å². The quantitative estimate of drug-likeness (QED) is 0.641. The Labute approximate surface area is 204 Å². The van der Waals surface area contributed by atoms with Crippen LogP contribution in [-0.2, 0) is 16.1 Å². The average Bonchev–Trinajstić information content (AvgIpc) is 3.22. The lowest BCUT2D eigenvalue weighted by molar-refractivity contribution is -0.127. The van der Waals surface area contributed by atoms with Gasteiger partial charge < -0.3 is 10.1 Å². The van der Waals surface area contributed by atoms with Gasteiger partial charge >= 0.3 is 5.97 Å². The molecule has 2 aromatic rings. The molecular weight excluding hydrogens is 456 g/mol. The van der Waals surface area contributed by atoms with Gasteiger partial charge in [0, 0.05) is 22.8 Å². The first-order valence-corrected chi connectivity index (χ1v) is 12.2. The summed E-state index contributed by atoms with van der Waals surface area (Å²) in [5, 5.41) is 8.00. The van der Waals surface area contributed by atoms with Crippen LogP contribution in [0.2, 0.25) is 5.02 Å². The van der Waals surface area contributed by atoms with Gasteiger partial charge in [0.1, 0.15) is 11.2 Å². The summed E-state index contributed by atoms with van der Waals surface area (Å²) in [6.45, 7) is 7.78. The molecular formula is C25H31ClN4O4. The zero-order valence-electron chi connectivity index (χ0n) is 20.1. The molecule has 0 bridgehead atoms. The molecule has 1 N–H and O–H groups in total. The van der Waals surface area contributed by atoms with Gasteiger partial charge in [0.2, 0.25) is 5.91 Å². The Hall–Kier alpha value is -2.87. The van der Waals surface area contributed by atoms with Crippen LogP contribution in [0.1, 0.15) is 73.0 Å². The number of hydrogen-bond acceptors (Lipinski definition) is 5. The standard InChI is InChI=1S/C25H31ClN4O4/c1-5-34-23(32)19-13-21-22(31)30(20-8-6-7-18(26)16(20)3)25(4,14-29(21)28-19)24(33)27-17-11-9-15(2)10-12-17/h6-8,13,15,17H,5,9-12,14H2,1-4H3,(H,27,33). The molecule has 1 fully saturated rings. The van der Waals surface area contributed by atoms with E-state index in [1.54, 1.807) is 32.0 Å². The predicted molar refractivity (Wildman–Crippen MR) is 129 cm³/mol. The fourth-order valence-corrected chi connectivity index (χ4v) is 5.02. The average molecular weight is 487 g/mol. The molecule has 0 radical (unpaired) electrons. The number of nitrogens with one attached hydrogen (secondary N) is 1. The van der Waals surface area contributed by atoms with Crippen LogP contribution >= 0.6 is 11.6 Å². The molecule has 182 valence electrons. The number of esters is 1. The molecule has 2 amide bonds. The number of nitrogens with zero attached hydrogens (tertiary/aromatic N) is 3. The van der Waals surface area contributed by atoms with Crippen molar-refractivity contribution >= 4 is 35.1 Å². The highest BCUT2D eigenvalue weighted by atomic mass is 35.5. The Morgan fingerprint density at radius 1 is 1.26 bits per heavy atom. The lowest BCUT2D eigenvalue weighted by atomic mass is 9.86. The summed E-state index contributed by atoms with van der Waals surface area (Å²) in [5.41, 5.74) is 0.234. The molecule has 1 unspecified atom stereocenters. The Morgan fingerprint density at radius 2 is 1.97 bits per heavy atom. The molecule has 34 heavy (non-hydrogen) atoms. The number of benzene rings is 1. The molecule has 8 nitrogen and oxygen atoms in total. The molecule has 0 spiro atoms. The number of carbonyl (C=O) groups excluding carboxylic acids is 3. The fraction of sp³-hybridized carbons (Fsp3) is 0.520. The lowest BCUT2D eigenvalue weighted by Crippen LogP contribution is -2.65. The number of hydrogen-bond donors (Lipinski definition) is 1. The maximum Gasteiger partial charge on any atom is 0.358 e. The van der Waals surface area contributed by atoms with Crippen LogP contribution in [0.15, 0.2) is 24.3 Å².